The lowest BCUT2D eigenvalue weighted by atomic mass is 10.0. The van der Waals surface area contributed by atoms with Crippen LogP contribution in [0.15, 0.2) is 36.5 Å². The Morgan fingerprint density at radius 2 is 2.06 bits per heavy atom. The van der Waals surface area contributed by atoms with Crippen molar-refractivity contribution in [3.05, 3.63) is 53.5 Å². The average Bonchev–Trinajstić information content (AvgIpc) is 2.87. The van der Waals surface area contributed by atoms with E-state index in [1.54, 1.807) is 12.1 Å². The summed E-state index contributed by atoms with van der Waals surface area (Å²) in [5.74, 6) is 1.60. The van der Waals surface area contributed by atoms with Crippen LogP contribution in [0.25, 0.3) is 11.0 Å². The Labute approximate surface area is 197 Å². The number of nitrogens with zero attached hydrogens (tertiary/aromatic N) is 3. The van der Waals surface area contributed by atoms with E-state index in [0.29, 0.717) is 61.7 Å². The number of hydrogen-bond donors (Lipinski definition) is 2. The molecule has 2 aliphatic heterocycles. The molecule has 2 aliphatic rings. The first-order valence-corrected chi connectivity index (χ1v) is 11.6. The van der Waals surface area contributed by atoms with Crippen LogP contribution in [0, 0.1) is 5.82 Å². The Balaban J connectivity index is 1.16. The molecule has 9 heteroatoms. The number of nitrogens with one attached hydrogen (secondary N) is 1. The first-order chi connectivity index (χ1) is 16.6. The van der Waals surface area contributed by atoms with Gasteiger partial charge in [0.05, 0.1) is 30.4 Å². The van der Waals surface area contributed by atoms with Crippen LogP contribution in [0.2, 0.25) is 0 Å². The van der Waals surface area contributed by atoms with Gasteiger partial charge in [-0.1, -0.05) is 6.07 Å². The molecule has 1 aromatic carbocycles. The monoisotopic (exact) mass is 468 g/mol. The molecule has 0 amide bonds. The molecule has 2 aromatic heterocycles. The van der Waals surface area contributed by atoms with Crippen molar-refractivity contribution in [1.82, 2.24) is 20.2 Å². The maximum Gasteiger partial charge on any atom is 0.213 e. The second-order valence-corrected chi connectivity index (χ2v) is 8.68. The van der Waals surface area contributed by atoms with Gasteiger partial charge in [-0.2, -0.15) is 0 Å². The number of pyridine rings is 2. The van der Waals surface area contributed by atoms with E-state index in [1.807, 2.05) is 18.2 Å². The molecule has 0 saturated carbocycles. The number of benzene rings is 1. The quantitative estimate of drug-likeness (QED) is 0.546. The third-order valence-electron chi connectivity index (χ3n) is 6.47. The van der Waals surface area contributed by atoms with E-state index in [1.165, 1.54) is 13.3 Å². The fourth-order valence-corrected chi connectivity index (χ4v) is 4.58. The van der Waals surface area contributed by atoms with Gasteiger partial charge in [0, 0.05) is 37.3 Å². The molecule has 0 aliphatic carbocycles. The van der Waals surface area contributed by atoms with Crippen molar-refractivity contribution in [3.8, 4) is 17.4 Å². The zero-order valence-electron chi connectivity index (χ0n) is 19.2. The predicted molar refractivity (Wildman–Crippen MR) is 125 cm³/mol. The van der Waals surface area contributed by atoms with Crippen molar-refractivity contribution >= 4 is 11.0 Å². The van der Waals surface area contributed by atoms with Gasteiger partial charge in [0.1, 0.15) is 19.0 Å². The van der Waals surface area contributed by atoms with Crippen LogP contribution in [0.4, 0.5) is 4.39 Å². The molecule has 3 aromatic rings. The summed E-state index contributed by atoms with van der Waals surface area (Å²) in [6.07, 6.45) is 2.02. The highest BCUT2D eigenvalue weighted by Gasteiger charge is 2.27. The molecule has 2 atom stereocenters. The van der Waals surface area contributed by atoms with Gasteiger partial charge in [-0.15, -0.1) is 0 Å². The van der Waals surface area contributed by atoms with Crippen molar-refractivity contribution in [2.24, 2.45) is 0 Å². The van der Waals surface area contributed by atoms with Gasteiger partial charge in [-0.05, 0) is 43.1 Å². The zero-order chi connectivity index (χ0) is 23.5. The fourth-order valence-electron chi connectivity index (χ4n) is 4.58. The smallest absolute Gasteiger partial charge is 0.213 e. The normalized spacial score (nSPS) is 20.4. The second kappa shape index (κ2) is 10.1. The molecule has 180 valence electrons. The van der Waals surface area contributed by atoms with Crippen molar-refractivity contribution in [1.29, 1.82) is 0 Å². The van der Waals surface area contributed by atoms with Crippen molar-refractivity contribution in [2.45, 2.75) is 31.5 Å². The average molecular weight is 469 g/mol. The number of halogens is 1. The largest absolute Gasteiger partial charge is 0.486 e. The highest BCUT2D eigenvalue weighted by atomic mass is 19.1. The number of piperidine rings is 1. The van der Waals surface area contributed by atoms with Crippen LogP contribution in [0.3, 0.4) is 0 Å². The molecule has 8 nitrogen and oxygen atoms in total. The third-order valence-corrected chi connectivity index (χ3v) is 6.47. The van der Waals surface area contributed by atoms with Crippen LogP contribution in [0.1, 0.15) is 17.5 Å². The Hall–Kier alpha value is -3.01. The SMILES string of the molecule is COc1ccc2ncc(F)c(CCN3CC[C@H](NCc4ccc5c(c4)OCCO5)[C@@H](O)C3)c2n1. The molecule has 1 fully saturated rings. The summed E-state index contributed by atoms with van der Waals surface area (Å²) in [6.45, 7) is 3.74. The molecule has 2 N–H and O–H groups in total. The molecule has 0 bridgehead atoms. The number of methoxy groups -OCH3 is 1. The standard InChI is InChI=1S/C25H29FN4O4/c1-32-24-5-3-20-25(29-24)17(18(26)14-28-20)6-8-30-9-7-19(21(31)15-30)27-13-16-2-4-22-23(12-16)34-11-10-33-22/h2-5,12,14,19,21,27,31H,6-11,13,15H2,1H3/t19-,21-/m0/s1. The highest BCUT2D eigenvalue weighted by Crippen LogP contribution is 2.31. The minimum Gasteiger partial charge on any atom is -0.486 e. The Morgan fingerprint density at radius 1 is 1.21 bits per heavy atom. The fraction of sp³-hybridized carbons (Fsp3) is 0.440. The minimum atomic E-state index is -0.511. The summed E-state index contributed by atoms with van der Waals surface area (Å²) in [7, 11) is 1.54. The van der Waals surface area contributed by atoms with Gasteiger partial charge >= 0.3 is 0 Å². The minimum absolute atomic E-state index is 0.00568. The van der Waals surface area contributed by atoms with Crippen molar-refractivity contribution < 1.29 is 23.7 Å². The number of hydrogen-bond acceptors (Lipinski definition) is 8. The summed E-state index contributed by atoms with van der Waals surface area (Å²) in [4.78, 5) is 10.7. The number of rotatable bonds is 7. The lowest BCUT2D eigenvalue weighted by Gasteiger charge is -2.36. The summed E-state index contributed by atoms with van der Waals surface area (Å²) in [6, 6.07) is 9.42. The van der Waals surface area contributed by atoms with E-state index in [2.05, 4.69) is 20.2 Å². The van der Waals surface area contributed by atoms with Crippen LogP contribution in [-0.2, 0) is 13.0 Å². The summed E-state index contributed by atoms with van der Waals surface area (Å²) < 4.78 is 31.0. The van der Waals surface area contributed by atoms with Gasteiger partial charge in [-0.3, -0.25) is 4.98 Å². The van der Waals surface area contributed by atoms with Crippen LogP contribution >= 0.6 is 0 Å². The van der Waals surface area contributed by atoms with Gasteiger partial charge in [0.2, 0.25) is 5.88 Å². The van der Waals surface area contributed by atoms with E-state index < -0.39 is 6.10 Å². The van der Waals surface area contributed by atoms with Gasteiger partial charge in [-0.25, -0.2) is 9.37 Å². The molecule has 34 heavy (non-hydrogen) atoms. The number of aromatic nitrogens is 2. The van der Waals surface area contributed by atoms with E-state index in [0.717, 1.165) is 30.0 Å². The number of likely N-dealkylation sites (tertiary alicyclic amines) is 1. The summed E-state index contributed by atoms with van der Waals surface area (Å²) >= 11 is 0. The molecule has 1 saturated heterocycles. The lowest BCUT2D eigenvalue weighted by Crippen LogP contribution is -2.52. The molecule has 0 unspecified atom stereocenters. The Morgan fingerprint density at radius 3 is 2.88 bits per heavy atom. The molecule has 0 spiro atoms. The van der Waals surface area contributed by atoms with Crippen LogP contribution in [0.5, 0.6) is 17.4 Å². The second-order valence-electron chi connectivity index (χ2n) is 8.68. The Kier molecular flexibility index (Phi) is 6.75. The van der Waals surface area contributed by atoms with Crippen molar-refractivity contribution in [3.63, 3.8) is 0 Å². The molecule has 5 rings (SSSR count). The summed E-state index contributed by atoms with van der Waals surface area (Å²) in [5, 5.41) is 14.2. The maximum absolute atomic E-state index is 14.6. The lowest BCUT2D eigenvalue weighted by molar-refractivity contribution is 0.0404. The highest BCUT2D eigenvalue weighted by molar-refractivity contribution is 5.78. The van der Waals surface area contributed by atoms with E-state index in [4.69, 9.17) is 14.2 Å². The van der Waals surface area contributed by atoms with Crippen LogP contribution in [-0.4, -0.2) is 72.1 Å². The topological polar surface area (TPSA) is 89.0 Å². The van der Waals surface area contributed by atoms with Gasteiger partial charge in [0.25, 0.3) is 0 Å². The van der Waals surface area contributed by atoms with E-state index in [-0.39, 0.29) is 11.9 Å². The molecule has 4 heterocycles. The van der Waals surface area contributed by atoms with E-state index in [9.17, 15) is 9.50 Å². The molecule has 0 radical (unpaired) electrons. The number of ether oxygens (including phenoxy) is 3. The molecular formula is C25H29FN4O4. The van der Waals surface area contributed by atoms with E-state index >= 15 is 0 Å². The third kappa shape index (κ3) is 4.91. The molecular weight excluding hydrogens is 439 g/mol. The predicted octanol–water partition coefficient (Wildman–Crippen LogP) is 2.32. The Bertz CT molecular complexity index is 1160. The first kappa shape index (κ1) is 22.8. The number of aliphatic hydroxyl groups is 1. The van der Waals surface area contributed by atoms with Crippen molar-refractivity contribution in [2.75, 3.05) is 40.0 Å². The number of fused-ring (bicyclic) bond motifs is 2. The van der Waals surface area contributed by atoms with Crippen LogP contribution < -0.4 is 19.5 Å². The number of aliphatic hydroxyl groups excluding tert-OH is 1. The summed E-state index contributed by atoms with van der Waals surface area (Å²) in [5.41, 5.74) is 2.77. The first-order valence-electron chi connectivity index (χ1n) is 11.6. The number of β-amino-alcohol motifs (C(OH)–C–C–N with tert-alkyl or cyclic N) is 1. The van der Waals surface area contributed by atoms with Gasteiger partial charge < -0.3 is 29.5 Å². The maximum atomic E-state index is 14.6. The van der Waals surface area contributed by atoms with Gasteiger partial charge in [0.15, 0.2) is 11.5 Å². The zero-order valence-corrected chi connectivity index (χ0v) is 19.2.